The fourth-order valence-corrected chi connectivity index (χ4v) is 5.93. The van der Waals surface area contributed by atoms with Gasteiger partial charge in [0, 0.05) is 32.4 Å². The number of rotatable bonds is 1. The maximum atomic E-state index is 12.8. The number of carbonyl (C=O) groups is 3. The molecule has 1 saturated carbocycles. The lowest BCUT2D eigenvalue weighted by atomic mass is 9.49. The molecule has 2 fully saturated rings. The van der Waals surface area contributed by atoms with Crippen LogP contribution in [0.5, 0.6) is 11.5 Å². The lowest BCUT2D eigenvalue weighted by molar-refractivity contribution is -0.191. The van der Waals surface area contributed by atoms with Crippen molar-refractivity contribution in [3.05, 3.63) is 23.3 Å². The van der Waals surface area contributed by atoms with Crippen LogP contribution < -0.4 is 9.47 Å². The summed E-state index contributed by atoms with van der Waals surface area (Å²) in [7, 11) is 0. The highest BCUT2D eigenvalue weighted by atomic mass is 16.6. The van der Waals surface area contributed by atoms with E-state index >= 15 is 0 Å². The molecule has 1 spiro atoms. The van der Waals surface area contributed by atoms with Gasteiger partial charge in [0.2, 0.25) is 5.91 Å². The zero-order chi connectivity index (χ0) is 19.1. The van der Waals surface area contributed by atoms with Gasteiger partial charge in [-0.25, -0.2) is 0 Å². The van der Waals surface area contributed by atoms with Crippen LogP contribution in [0.15, 0.2) is 12.1 Å². The molecule has 4 atom stereocenters. The van der Waals surface area contributed by atoms with Crippen LogP contribution in [-0.2, 0) is 26.2 Å². The summed E-state index contributed by atoms with van der Waals surface area (Å²) in [5.41, 5.74) is -0.388. The summed E-state index contributed by atoms with van der Waals surface area (Å²) < 4.78 is 11.4. The minimum atomic E-state index is -1.23. The second kappa shape index (κ2) is 5.10. The van der Waals surface area contributed by atoms with Crippen molar-refractivity contribution >= 4 is 17.7 Å². The first-order valence-electron chi connectivity index (χ1n) is 9.33. The van der Waals surface area contributed by atoms with Crippen molar-refractivity contribution in [3.63, 3.8) is 0 Å². The van der Waals surface area contributed by atoms with Crippen LogP contribution in [0.2, 0.25) is 0 Å². The maximum absolute atomic E-state index is 12.8. The van der Waals surface area contributed by atoms with E-state index in [0.29, 0.717) is 31.6 Å². The highest BCUT2D eigenvalue weighted by Crippen LogP contribution is 2.64. The van der Waals surface area contributed by atoms with Crippen LogP contribution in [0.4, 0.5) is 0 Å². The molecule has 1 N–H and O–H groups in total. The molecule has 7 heteroatoms. The monoisotopic (exact) mass is 371 g/mol. The molecule has 7 nitrogen and oxygen atoms in total. The molecular weight excluding hydrogens is 350 g/mol. The van der Waals surface area contributed by atoms with Crippen molar-refractivity contribution in [2.75, 3.05) is 6.54 Å². The van der Waals surface area contributed by atoms with Gasteiger partial charge in [-0.15, -0.1) is 0 Å². The fourth-order valence-electron chi connectivity index (χ4n) is 5.93. The number of ketones is 1. The van der Waals surface area contributed by atoms with E-state index in [1.54, 1.807) is 11.0 Å². The lowest BCUT2D eigenvalue weighted by Gasteiger charge is -2.62. The molecule has 27 heavy (non-hydrogen) atoms. The summed E-state index contributed by atoms with van der Waals surface area (Å²) in [5.74, 6) is 0.0935. The van der Waals surface area contributed by atoms with Crippen LogP contribution >= 0.6 is 0 Å². The predicted molar refractivity (Wildman–Crippen MR) is 92.5 cm³/mol. The molecule has 1 saturated heterocycles. The Hall–Kier alpha value is -2.41. The second-order valence-corrected chi connectivity index (χ2v) is 8.06. The summed E-state index contributed by atoms with van der Waals surface area (Å²) in [6.45, 7) is 3.30. The standard InChI is InChI=1S/C20H21NO6/c1-10(22)21-8-7-19-16-12-3-4-14(26-11(2)23)17(16)27-18(19)13(24)5-6-20(19,25)15(21)9-12/h3-4,15,18,25H,5-9H2,1-2H3/t15-,18+,19+,20-/m1/s1. The molecule has 2 heterocycles. The van der Waals surface area contributed by atoms with Crippen molar-refractivity contribution in [1.82, 2.24) is 4.90 Å². The Bertz CT molecular complexity index is 910. The predicted octanol–water partition coefficient (Wildman–Crippen LogP) is 0.882. The van der Waals surface area contributed by atoms with Crippen molar-refractivity contribution in [1.29, 1.82) is 0 Å². The largest absolute Gasteiger partial charge is 0.477 e. The summed E-state index contributed by atoms with van der Waals surface area (Å²) in [6.07, 6.45) is 0.636. The highest BCUT2D eigenvalue weighted by molar-refractivity contribution is 5.90. The Morgan fingerprint density at radius 2 is 2.07 bits per heavy atom. The highest BCUT2D eigenvalue weighted by Gasteiger charge is 2.73. The number of likely N-dealkylation sites (tertiary alicyclic amines) is 1. The van der Waals surface area contributed by atoms with E-state index in [9.17, 15) is 19.5 Å². The third-order valence-electron chi connectivity index (χ3n) is 6.90. The molecule has 2 aliphatic heterocycles. The molecule has 0 radical (unpaired) electrons. The van der Waals surface area contributed by atoms with E-state index in [1.165, 1.54) is 13.8 Å². The summed E-state index contributed by atoms with van der Waals surface area (Å²) >= 11 is 0. The van der Waals surface area contributed by atoms with Crippen molar-refractivity contribution < 1.29 is 29.0 Å². The van der Waals surface area contributed by atoms with Gasteiger partial charge in [0.1, 0.15) is 0 Å². The average Bonchev–Trinajstić information content (AvgIpc) is 2.94. The zero-order valence-electron chi connectivity index (χ0n) is 15.3. The van der Waals surface area contributed by atoms with E-state index in [-0.39, 0.29) is 29.9 Å². The van der Waals surface area contributed by atoms with Crippen LogP contribution in [0.3, 0.4) is 0 Å². The van der Waals surface area contributed by atoms with Crippen molar-refractivity contribution in [2.24, 2.45) is 0 Å². The molecule has 0 unspecified atom stereocenters. The third kappa shape index (κ3) is 1.83. The second-order valence-electron chi connectivity index (χ2n) is 8.06. The fraction of sp³-hybridized carbons (Fsp3) is 0.550. The van der Waals surface area contributed by atoms with E-state index < -0.39 is 23.1 Å². The van der Waals surface area contributed by atoms with E-state index in [1.807, 2.05) is 6.07 Å². The molecule has 2 aliphatic carbocycles. The Balaban J connectivity index is 1.78. The number of nitrogens with zero attached hydrogens (tertiary/aromatic N) is 1. The summed E-state index contributed by atoms with van der Waals surface area (Å²) in [5, 5.41) is 11.9. The van der Waals surface area contributed by atoms with E-state index in [4.69, 9.17) is 9.47 Å². The number of amides is 1. The maximum Gasteiger partial charge on any atom is 0.308 e. The first-order chi connectivity index (χ1) is 12.8. The Kier molecular flexibility index (Phi) is 3.16. The quantitative estimate of drug-likeness (QED) is 0.582. The first-order valence-corrected chi connectivity index (χ1v) is 9.33. The molecular formula is C20H21NO6. The minimum Gasteiger partial charge on any atom is -0.477 e. The number of ether oxygens (including phenoxy) is 2. The normalized spacial score (nSPS) is 35.4. The van der Waals surface area contributed by atoms with E-state index in [2.05, 4.69) is 0 Å². The molecule has 1 aromatic rings. The molecule has 1 aromatic carbocycles. The smallest absolute Gasteiger partial charge is 0.308 e. The first kappa shape index (κ1) is 16.7. The number of esters is 1. The average molecular weight is 371 g/mol. The number of hydrogen-bond donors (Lipinski definition) is 1. The Morgan fingerprint density at radius 1 is 1.30 bits per heavy atom. The van der Waals surface area contributed by atoms with Gasteiger partial charge in [-0.1, -0.05) is 6.07 Å². The van der Waals surface area contributed by atoms with Gasteiger partial charge in [0.25, 0.3) is 0 Å². The zero-order valence-corrected chi connectivity index (χ0v) is 15.3. The Morgan fingerprint density at radius 3 is 2.78 bits per heavy atom. The van der Waals surface area contributed by atoms with Gasteiger partial charge >= 0.3 is 5.97 Å². The number of benzene rings is 1. The van der Waals surface area contributed by atoms with Gasteiger partial charge in [0.05, 0.1) is 17.1 Å². The molecule has 4 aliphatic rings. The van der Waals surface area contributed by atoms with Crippen LogP contribution in [0.1, 0.15) is 44.2 Å². The lowest BCUT2D eigenvalue weighted by Crippen LogP contribution is -2.77. The van der Waals surface area contributed by atoms with Crippen molar-refractivity contribution in [3.8, 4) is 11.5 Å². The molecule has 5 rings (SSSR count). The SMILES string of the molecule is CC(=O)Oc1ccc2c3c1O[C@H]1C(=O)CC[C@@]4(O)[C@@H](C2)N(C(C)=O)CC[C@]314. The van der Waals surface area contributed by atoms with Gasteiger partial charge < -0.3 is 19.5 Å². The van der Waals surface area contributed by atoms with Gasteiger partial charge in [-0.3, -0.25) is 14.4 Å². The van der Waals surface area contributed by atoms with Gasteiger partial charge in [-0.2, -0.15) is 0 Å². The summed E-state index contributed by atoms with van der Waals surface area (Å²) in [4.78, 5) is 38.3. The number of aliphatic hydroxyl groups is 1. The third-order valence-corrected chi connectivity index (χ3v) is 6.90. The Labute approximate surface area is 156 Å². The van der Waals surface area contributed by atoms with Crippen LogP contribution in [0, 0.1) is 0 Å². The van der Waals surface area contributed by atoms with Crippen LogP contribution in [0.25, 0.3) is 0 Å². The molecule has 142 valence electrons. The minimum absolute atomic E-state index is 0.0486. The molecule has 0 aromatic heterocycles. The number of hydrogen-bond acceptors (Lipinski definition) is 6. The molecule has 1 amide bonds. The van der Waals surface area contributed by atoms with Crippen LogP contribution in [-0.4, -0.2) is 52.0 Å². The number of Topliss-reactive ketones (excluding diaryl/α,β-unsaturated/α-hetero) is 1. The molecule has 2 bridgehead atoms. The topological polar surface area (TPSA) is 93.1 Å². The van der Waals surface area contributed by atoms with Gasteiger partial charge in [0.15, 0.2) is 23.4 Å². The van der Waals surface area contributed by atoms with Crippen molar-refractivity contribution in [2.45, 2.75) is 62.7 Å². The van der Waals surface area contributed by atoms with Gasteiger partial charge in [-0.05, 0) is 30.9 Å². The van der Waals surface area contributed by atoms with E-state index in [0.717, 1.165) is 11.1 Å². The number of carbonyl (C=O) groups excluding carboxylic acids is 3. The summed E-state index contributed by atoms with van der Waals surface area (Å²) in [6, 6.07) is 3.15. The number of piperidine rings is 1.